The van der Waals surface area contributed by atoms with E-state index in [1.807, 2.05) is 6.92 Å². The fourth-order valence-corrected chi connectivity index (χ4v) is 1.55. The van der Waals surface area contributed by atoms with E-state index >= 15 is 0 Å². The number of carbonyl (C=O) groups is 1. The van der Waals surface area contributed by atoms with Crippen molar-refractivity contribution in [2.24, 2.45) is 5.41 Å². The van der Waals surface area contributed by atoms with Crippen molar-refractivity contribution in [1.29, 1.82) is 0 Å². The number of hydrogen-bond donors (Lipinski definition) is 1. The molecule has 0 fully saturated rings. The summed E-state index contributed by atoms with van der Waals surface area (Å²) in [5.74, 6) is -0.204. The molecule has 0 spiro atoms. The Morgan fingerprint density at radius 1 is 1.31 bits per heavy atom. The first-order valence-electron chi connectivity index (χ1n) is 4.52. The molecule has 0 saturated heterocycles. The van der Waals surface area contributed by atoms with Crippen LogP contribution in [-0.4, -0.2) is 25.7 Å². The third-order valence-corrected chi connectivity index (χ3v) is 2.07. The molecule has 0 aromatic heterocycles. The fourth-order valence-electron chi connectivity index (χ4n) is 1.55. The van der Waals surface area contributed by atoms with E-state index in [-0.39, 0.29) is 11.4 Å². The Bertz CT molecular complexity index is 184. The van der Waals surface area contributed by atoms with Crippen LogP contribution in [0.25, 0.3) is 0 Å². The van der Waals surface area contributed by atoms with Crippen molar-refractivity contribution in [1.82, 2.24) is 5.32 Å². The minimum atomic E-state index is -0.576. The van der Waals surface area contributed by atoms with Crippen LogP contribution in [0.3, 0.4) is 0 Å². The summed E-state index contributed by atoms with van der Waals surface area (Å²) in [6.07, 6.45) is 0.753. The lowest BCUT2D eigenvalue weighted by Crippen LogP contribution is -2.50. The summed E-state index contributed by atoms with van der Waals surface area (Å²) in [6.45, 7) is 8.17. The van der Waals surface area contributed by atoms with Gasteiger partial charge in [-0.05, 0) is 25.8 Å². The Hall–Kier alpha value is -0.570. The average Bonchev–Trinajstić information content (AvgIpc) is 1.99. The zero-order valence-corrected chi connectivity index (χ0v) is 9.52. The first-order valence-corrected chi connectivity index (χ1v) is 4.52. The molecule has 13 heavy (non-hydrogen) atoms. The minimum Gasteiger partial charge on any atom is -0.468 e. The van der Waals surface area contributed by atoms with E-state index in [0.29, 0.717) is 0 Å². The molecule has 0 aromatic rings. The highest BCUT2D eigenvalue weighted by Crippen LogP contribution is 2.27. The van der Waals surface area contributed by atoms with E-state index in [2.05, 4.69) is 26.1 Å². The molecule has 0 amide bonds. The monoisotopic (exact) mass is 187 g/mol. The van der Waals surface area contributed by atoms with E-state index in [1.54, 1.807) is 7.05 Å². The van der Waals surface area contributed by atoms with Crippen molar-refractivity contribution in [2.75, 3.05) is 14.2 Å². The predicted molar refractivity (Wildman–Crippen MR) is 53.6 cm³/mol. The van der Waals surface area contributed by atoms with Gasteiger partial charge in [0.25, 0.3) is 0 Å². The number of hydrogen-bond acceptors (Lipinski definition) is 3. The van der Waals surface area contributed by atoms with Crippen LogP contribution in [0.2, 0.25) is 0 Å². The van der Waals surface area contributed by atoms with E-state index in [0.717, 1.165) is 6.42 Å². The normalized spacial score (nSPS) is 16.5. The van der Waals surface area contributed by atoms with Crippen LogP contribution >= 0.6 is 0 Å². The van der Waals surface area contributed by atoms with Gasteiger partial charge in [0.1, 0.15) is 5.54 Å². The van der Waals surface area contributed by atoms with Crippen molar-refractivity contribution in [3.05, 3.63) is 0 Å². The molecule has 0 aliphatic carbocycles. The molecule has 0 aromatic carbocycles. The van der Waals surface area contributed by atoms with Gasteiger partial charge in [0.05, 0.1) is 7.11 Å². The summed E-state index contributed by atoms with van der Waals surface area (Å²) in [5, 5.41) is 3.01. The smallest absolute Gasteiger partial charge is 0.325 e. The van der Waals surface area contributed by atoms with Crippen LogP contribution in [-0.2, 0) is 9.53 Å². The first kappa shape index (κ1) is 12.4. The van der Waals surface area contributed by atoms with Gasteiger partial charge in [-0.2, -0.15) is 0 Å². The Morgan fingerprint density at radius 3 is 2.00 bits per heavy atom. The molecule has 3 heteroatoms. The summed E-state index contributed by atoms with van der Waals surface area (Å²) in [6, 6.07) is 0. The van der Waals surface area contributed by atoms with Crippen molar-refractivity contribution < 1.29 is 9.53 Å². The average molecular weight is 187 g/mol. The number of nitrogens with one attached hydrogen (secondary N) is 1. The third-order valence-electron chi connectivity index (χ3n) is 2.07. The number of ether oxygens (including phenoxy) is 1. The highest BCUT2D eigenvalue weighted by atomic mass is 16.5. The molecular weight excluding hydrogens is 166 g/mol. The summed E-state index contributed by atoms with van der Waals surface area (Å²) in [4.78, 5) is 11.5. The van der Waals surface area contributed by atoms with E-state index < -0.39 is 5.54 Å². The topological polar surface area (TPSA) is 38.3 Å². The number of methoxy groups -OCH3 is 1. The van der Waals surface area contributed by atoms with Crippen LogP contribution in [0.4, 0.5) is 0 Å². The fraction of sp³-hybridized carbons (Fsp3) is 0.900. The van der Waals surface area contributed by atoms with Gasteiger partial charge in [0.15, 0.2) is 0 Å². The second-order valence-corrected chi connectivity index (χ2v) is 4.81. The molecule has 1 unspecified atom stereocenters. The Morgan fingerprint density at radius 2 is 1.77 bits per heavy atom. The molecule has 3 nitrogen and oxygen atoms in total. The molecule has 0 saturated carbocycles. The maximum absolute atomic E-state index is 11.5. The molecule has 0 bridgehead atoms. The van der Waals surface area contributed by atoms with Crippen molar-refractivity contribution >= 4 is 5.97 Å². The maximum Gasteiger partial charge on any atom is 0.325 e. The minimum absolute atomic E-state index is 0.103. The van der Waals surface area contributed by atoms with Gasteiger partial charge in [-0.3, -0.25) is 4.79 Å². The third kappa shape index (κ3) is 3.77. The van der Waals surface area contributed by atoms with Crippen molar-refractivity contribution in [3.8, 4) is 0 Å². The van der Waals surface area contributed by atoms with Crippen LogP contribution in [0, 0.1) is 5.41 Å². The summed E-state index contributed by atoms with van der Waals surface area (Å²) in [7, 11) is 3.20. The summed E-state index contributed by atoms with van der Waals surface area (Å²) < 4.78 is 4.75. The highest BCUT2D eigenvalue weighted by Gasteiger charge is 2.36. The Balaban J connectivity index is 4.55. The molecule has 78 valence electrons. The molecular formula is C10H21NO2. The van der Waals surface area contributed by atoms with Crippen molar-refractivity contribution in [2.45, 2.75) is 39.7 Å². The van der Waals surface area contributed by atoms with Gasteiger partial charge in [-0.1, -0.05) is 20.8 Å². The van der Waals surface area contributed by atoms with Gasteiger partial charge in [-0.15, -0.1) is 0 Å². The van der Waals surface area contributed by atoms with Gasteiger partial charge in [0, 0.05) is 0 Å². The lowest BCUT2D eigenvalue weighted by molar-refractivity contribution is -0.149. The van der Waals surface area contributed by atoms with E-state index in [4.69, 9.17) is 4.74 Å². The number of carbonyl (C=O) groups excluding carboxylic acids is 1. The largest absolute Gasteiger partial charge is 0.468 e. The lowest BCUT2D eigenvalue weighted by Gasteiger charge is -2.32. The molecule has 0 heterocycles. The number of likely N-dealkylation sites (N-methyl/N-ethyl adjacent to an activating group) is 1. The van der Waals surface area contributed by atoms with Gasteiger partial charge in [0.2, 0.25) is 0 Å². The molecule has 1 N–H and O–H groups in total. The molecule has 0 aliphatic rings. The van der Waals surface area contributed by atoms with Gasteiger partial charge < -0.3 is 10.1 Å². The van der Waals surface area contributed by atoms with E-state index in [1.165, 1.54) is 7.11 Å². The van der Waals surface area contributed by atoms with Gasteiger partial charge >= 0.3 is 5.97 Å². The maximum atomic E-state index is 11.5. The van der Waals surface area contributed by atoms with Crippen LogP contribution in [0.5, 0.6) is 0 Å². The van der Waals surface area contributed by atoms with E-state index in [9.17, 15) is 4.79 Å². The van der Waals surface area contributed by atoms with Crippen LogP contribution < -0.4 is 5.32 Å². The summed E-state index contributed by atoms with van der Waals surface area (Å²) in [5.41, 5.74) is -0.473. The highest BCUT2D eigenvalue weighted by molar-refractivity contribution is 5.80. The Kier molecular flexibility index (Phi) is 3.91. The quantitative estimate of drug-likeness (QED) is 0.682. The Labute approximate surface area is 80.8 Å². The van der Waals surface area contributed by atoms with Crippen LogP contribution in [0.1, 0.15) is 34.1 Å². The first-order chi connectivity index (χ1) is 5.75. The predicted octanol–water partition coefficient (Wildman–Crippen LogP) is 1.57. The molecule has 0 rings (SSSR count). The molecule has 1 atom stereocenters. The summed E-state index contributed by atoms with van der Waals surface area (Å²) >= 11 is 0. The molecule has 0 radical (unpaired) electrons. The zero-order chi connectivity index (χ0) is 10.7. The number of rotatable bonds is 3. The SMILES string of the molecule is CNC(C)(CC(C)(C)C)C(=O)OC. The van der Waals surface area contributed by atoms with Gasteiger partial charge in [-0.25, -0.2) is 0 Å². The lowest BCUT2D eigenvalue weighted by atomic mass is 9.81. The number of esters is 1. The van der Waals surface area contributed by atoms with Crippen molar-refractivity contribution in [3.63, 3.8) is 0 Å². The van der Waals surface area contributed by atoms with Crippen LogP contribution in [0.15, 0.2) is 0 Å². The second-order valence-electron chi connectivity index (χ2n) is 4.81. The second kappa shape index (κ2) is 4.09. The molecule has 0 aliphatic heterocycles. The standard InChI is InChI=1S/C10H21NO2/c1-9(2,3)7-10(4,11-5)8(12)13-6/h11H,7H2,1-6H3. The zero-order valence-electron chi connectivity index (χ0n) is 9.52.